The summed E-state index contributed by atoms with van der Waals surface area (Å²) in [6.07, 6.45) is 1.53. The van der Waals surface area contributed by atoms with Crippen molar-refractivity contribution in [3.05, 3.63) is 30.6 Å². The zero-order valence-electron chi connectivity index (χ0n) is 12.0. The van der Waals surface area contributed by atoms with Gasteiger partial charge in [0.15, 0.2) is 0 Å². The van der Waals surface area contributed by atoms with Gasteiger partial charge in [-0.15, -0.1) is 0 Å². The van der Waals surface area contributed by atoms with Crippen LogP contribution in [0.15, 0.2) is 30.6 Å². The van der Waals surface area contributed by atoms with E-state index in [2.05, 4.69) is 9.97 Å². The molecule has 1 aromatic carbocycles. The Hall–Kier alpha value is -2.17. The summed E-state index contributed by atoms with van der Waals surface area (Å²) in [7, 11) is 0. The molecule has 20 heavy (non-hydrogen) atoms. The normalized spacial score (nSPS) is 10.8. The van der Waals surface area contributed by atoms with E-state index in [4.69, 9.17) is 4.74 Å². The molecule has 0 unspecified atom stereocenters. The third kappa shape index (κ3) is 3.04. The van der Waals surface area contributed by atoms with Crippen LogP contribution >= 0.6 is 0 Å². The number of benzene rings is 1. The molecule has 0 fully saturated rings. The monoisotopic (exact) mass is 273 g/mol. The van der Waals surface area contributed by atoms with Gasteiger partial charge in [0.2, 0.25) is 0 Å². The fourth-order valence-electron chi connectivity index (χ4n) is 2.07. The van der Waals surface area contributed by atoms with Gasteiger partial charge in [0.1, 0.15) is 18.7 Å². The van der Waals surface area contributed by atoms with Crippen LogP contribution in [0.4, 0.5) is 5.82 Å². The molecule has 0 aliphatic rings. The Bertz CT molecular complexity index is 593. The Kier molecular flexibility index (Phi) is 4.50. The number of carbonyl (C=O) groups is 1. The molecule has 0 atom stereocenters. The summed E-state index contributed by atoms with van der Waals surface area (Å²) in [5.74, 6) is 0.516. The SMILES string of the molecule is CCOC(=O)CN(c1ncnc2ccccc12)C(C)C. The first-order chi connectivity index (χ1) is 9.63. The Labute approximate surface area is 118 Å². The fraction of sp³-hybridized carbons (Fsp3) is 0.400. The molecular formula is C15H19N3O2. The maximum absolute atomic E-state index is 11.8. The number of ether oxygens (including phenoxy) is 1. The molecule has 5 nitrogen and oxygen atoms in total. The van der Waals surface area contributed by atoms with Gasteiger partial charge in [0.25, 0.3) is 0 Å². The van der Waals surface area contributed by atoms with E-state index in [1.165, 1.54) is 6.33 Å². The number of carbonyl (C=O) groups excluding carboxylic acids is 1. The van der Waals surface area contributed by atoms with Crippen molar-refractivity contribution in [3.8, 4) is 0 Å². The van der Waals surface area contributed by atoms with E-state index in [9.17, 15) is 4.79 Å². The molecule has 0 amide bonds. The molecule has 0 saturated carbocycles. The molecule has 5 heteroatoms. The lowest BCUT2D eigenvalue weighted by Crippen LogP contribution is -2.37. The highest BCUT2D eigenvalue weighted by atomic mass is 16.5. The van der Waals surface area contributed by atoms with Crippen molar-refractivity contribution in [3.63, 3.8) is 0 Å². The first-order valence-corrected chi connectivity index (χ1v) is 6.75. The fourth-order valence-corrected chi connectivity index (χ4v) is 2.07. The maximum atomic E-state index is 11.8. The maximum Gasteiger partial charge on any atom is 0.325 e. The summed E-state index contributed by atoms with van der Waals surface area (Å²) in [6.45, 7) is 6.42. The highest BCUT2D eigenvalue weighted by molar-refractivity contribution is 5.90. The predicted molar refractivity (Wildman–Crippen MR) is 78.7 cm³/mol. The molecule has 2 rings (SSSR count). The van der Waals surface area contributed by atoms with Crippen LogP contribution in [-0.2, 0) is 9.53 Å². The summed E-state index contributed by atoms with van der Waals surface area (Å²) >= 11 is 0. The second-order valence-electron chi connectivity index (χ2n) is 4.74. The number of rotatable bonds is 5. The van der Waals surface area contributed by atoms with Gasteiger partial charge in [-0.2, -0.15) is 0 Å². The van der Waals surface area contributed by atoms with Gasteiger partial charge in [-0.1, -0.05) is 12.1 Å². The van der Waals surface area contributed by atoms with E-state index >= 15 is 0 Å². The van der Waals surface area contributed by atoms with Crippen molar-refractivity contribution < 1.29 is 9.53 Å². The van der Waals surface area contributed by atoms with Crippen LogP contribution in [0.1, 0.15) is 20.8 Å². The topological polar surface area (TPSA) is 55.3 Å². The number of nitrogens with zero attached hydrogens (tertiary/aromatic N) is 3. The largest absolute Gasteiger partial charge is 0.465 e. The van der Waals surface area contributed by atoms with Crippen LogP contribution < -0.4 is 4.90 Å². The minimum absolute atomic E-state index is 0.137. The Morgan fingerprint density at radius 2 is 2.05 bits per heavy atom. The molecule has 106 valence electrons. The van der Waals surface area contributed by atoms with E-state index in [1.54, 1.807) is 6.92 Å². The molecular weight excluding hydrogens is 254 g/mol. The second kappa shape index (κ2) is 6.32. The van der Waals surface area contributed by atoms with Gasteiger partial charge in [-0.25, -0.2) is 9.97 Å². The molecule has 0 aliphatic carbocycles. The number of para-hydroxylation sites is 1. The van der Waals surface area contributed by atoms with Gasteiger partial charge in [-0.3, -0.25) is 4.79 Å². The van der Waals surface area contributed by atoms with Gasteiger partial charge in [-0.05, 0) is 32.9 Å². The minimum Gasteiger partial charge on any atom is -0.465 e. The number of aromatic nitrogens is 2. The quantitative estimate of drug-likeness (QED) is 0.783. The molecule has 1 heterocycles. The molecule has 0 N–H and O–H groups in total. The number of esters is 1. The van der Waals surface area contributed by atoms with E-state index < -0.39 is 0 Å². The van der Waals surface area contributed by atoms with E-state index in [0.717, 1.165) is 16.7 Å². The van der Waals surface area contributed by atoms with Crippen LogP contribution in [0.3, 0.4) is 0 Å². The van der Waals surface area contributed by atoms with Crippen LogP contribution in [0.5, 0.6) is 0 Å². The number of fused-ring (bicyclic) bond motifs is 1. The molecule has 0 radical (unpaired) electrons. The van der Waals surface area contributed by atoms with Crippen LogP contribution in [0.2, 0.25) is 0 Å². The van der Waals surface area contributed by atoms with E-state index in [1.807, 2.05) is 43.0 Å². The summed E-state index contributed by atoms with van der Waals surface area (Å²) in [4.78, 5) is 22.3. The first-order valence-electron chi connectivity index (χ1n) is 6.75. The average molecular weight is 273 g/mol. The average Bonchev–Trinajstić information content (AvgIpc) is 2.44. The standard InChI is InChI=1S/C15H19N3O2/c1-4-20-14(19)9-18(11(2)3)15-12-7-5-6-8-13(12)16-10-17-15/h5-8,10-11H,4,9H2,1-3H3. The third-order valence-corrected chi connectivity index (χ3v) is 3.02. The lowest BCUT2D eigenvalue weighted by molar-refractivity contribution is -0.141. The summed E-state index contributed by atoms with van der Waals surface area (Å²) in [5, 5.41) is 0.938. The smallest absolute Gasteiger partial charge is 0.325 e. The Morgan fingerprint density at radius 3 is 2.75 bits per heavy atom. The summed E-state index contributed by atoms with van der Waals surface area (Å²) < 4.78 is 5.03. The van der Waals surface area contributed by atoms with Gasteiger partial charge in [0, 0.05) is 11.4 Å². The molecule has 0 aliphatic heterocycles. The van der Waals surface area contributed by atoms with Crippen molar-refractivity contribution in [2.24, 2.45) is 0 Å². The van der Waals surface area contributed by atoms with Gasteiger partial charge in [0.05, 0.1) is 12.1 Å². The Balaban J connectivity index is 2.39. The number of hydrogen-bond acceptors (Lipinski definition) is 5. The summed E-state index contributed by atoms with van der Waals surface area (Å²) in [6, 6.07) is 7.91. The number of anilines is 1. The van der Waals surface area contributed by atoms with Gasteiger partial charge < -0.3 is 9.64 Å². The zero-order valence-corrected chi connectivity index (χ0v) is 12.0. The van der Waals surface area contributed by atoms with E-state index in [-0.39, 0.29) is 18.6 Å². The van der Waals surface area contributed by atoms with Crippen LogP contribution in [0.25, 0.3) is 10.9 Å². The highest BCUT2D eigenvalue weighted by Crippen LogP contribution is 2.24. The van der Waals surface area contributed by atoms with Crippen molar-refractivity contribution in [2.45, 2.75) is 26.8 Å². The van der Waals surface area contributed by atoms with Crippen molar-refractivity contribution in [2.75, 3.05) is 18.1 Å². The Morgan fingerprint density at radius 1 is 1.30 bits per heavy atom. The van der Waals surface area contributed by atoms with Gasteiger partial charge >= 0.3 is 5.97 Å². The van der Waals surface area contributed by atoms with Crippen molar-refractivity contribution in [1.82, 2.24) is 9.97 Å². The van der Waals surface area contributed by atoms with Crippen molar-refractivity contribution in [1.29, 1.82) is 0 Å². The number of hydrogen-bond donors (Lipinski definition) is 0. The van der Waals surface area contributed by atoms with Crippen LogP contribution in [-0.4, -0.2) is 35.1 Å². The third-order valence-electron chi connectivity index (χ3n) is 3.02. The molecule has 2 aromatic rings. The minimum atomic E-state index is -0.246. The summed E-state index contributed by atoms with van der Waals surface area (Å²) in [5.41, 5.74) is 0.868. The zero-order chi connectivity index (χ0) is 14.5. The van der Waals surface area contributed by atoms with Crippen LogP contribution in [0, 0.1) is 0 Å². The van der Waals surface area contributed by atoms with Crippen molar-refractivity contribution >= 4 is 22.7 Å². The lowest BCUT2D eigenvalue weighted by Gasteiger charge is -2.27. The first kappa shape index (κ1) is 14.2. The molecule has 0 saturated heterocycles. The molecule has 0 bridgehead atoms. The van der Waals surface area contributed by atoms with E-state index in [0.29, 0.717) is 6.61 Å². The second-order valence-corrected chi connectivity index (χ2v) is 4.74. The lowest BCUT2D eigenvalue weighted by atomic mass is 10.2. The predicted octanol–water partition coefficient (Wildman–Crippen LogP) is 2.41. The molecule has 0 spiro atoms. The molecule has 1 aromatic heterocycles. The highest BCUT2D eigenvalue weighted by Gasteiger charge is 2.19.